The smallest absolute Gasteiger partial charge is 0.424 e. The van der Waals surface area contributed by atoms with Gasteiger partial charge < -0.3 is 9.84 Å². The average molecular weight is 440 g/mol. The second kappa shape index (κ2) is 7.98. The molecule has 0 bridgehead atoms. The maximum absolute atomic E-state index is 14.1. The van der Waals surface area contributed by atoms with E-state index in [-0.39, 0.29) is 5.56 Å². The first kappa shape index (κ1) is 21.9. The van der Waals surface area contributed by atoms with E-state index >= 15 is 0 Å². The van der Waals surface area contributed by atoms with Gasteiger partial charge in [0, 0.05) is 5.39 Å². The van der Waals surface area contributed by atoms with Crippen LogP contribution >= 0.6 is 0 Å². The summed E-state index contributed by atoms with van der Waals surface area (Å²) >= 11 is 0. The maximum atomic E-state index is 14.1. The van der Waals surface area contributed by atoms with Crippen LogP contribution in [0.25, 0.3) is 16.6 Å². The van der Waals surface area contributed by atoms with E-state index in [9.17, 15) is 18.3 Å². The largest absolute Gasteiger partial charge is 0.489 e. The van der Waals surface area contributed by atoms with Gasteiger partial charge in [-0.3, -0.25) is 0 Å². The minimum absolute atomic E-state index is 0.299. The molecule has 1 heterocycles. The monoisotopic (exact) mass is 440 g/mol. The maximum Gasteiger partial charge on any atom is 0.424 e. The van der Waals surface area contributed by atoms with Crippen LogP contribution in [0.3, 0.4) is 0 Å². The number of nitrogens with zero attached hydrogens (tertiary/aromatic N) is 2. The predicted octanol–water partition coefficient (Wildman–Crippen LogP) is 5.78. The second-order valence-corrected chi connectivity index (χ2v) is 8.04. The summed E-state index contributed by atoms with van der Waals surface area (Å²) in [4.78, 5) is 0. The van der Waals surface area contributed by atoms with Crippen molar-refractivity contribution in [2.75, 3.05) is 6.61 Å². The van der Waals surface area contributed by atoms with Crippen LogP contribution in [-0.4, -0.2) is 27.7 Å². The lowest BCUT2D eigenvalue weighted by Crippen LogP contribution is -2.47. The Bertz CT molecular complexity index is 1240. The lowest BCUT2D eigenvalue weighted by molar-refractivity contribution is -0.275. The van der Waals surface area contributed by atoms with Gasteiger partial charge in [0.05, 0.1) is 17.4 Å². The number of hydrogen-bond donors (Lipinski definition) is 1. The number of para-hydroxylation sites is 1. The first-order valence-corrected chi connectivity index (χ1v) is 10.1. The quantitative estimate of drug-likeness (QED) is 0.428. The van der Waals surface area contributed by atoms with E-state index in [4.69, 9.17) is 4.74 Å². The summed E-state index contributed by atoms with van der Waals surface area (Å²) in [6, 6.07) is 17.1. The van der Waals surface area contributed by atoms with Crippen molar-refractivity contribution in [3.8, 4) is 11.4 Å². The molecule has 4 nitrogen and oxygen atoms in total. The number of halogens is 3. The van der Waals surface area contributed by atoms with Gasteiger partial charge in [0.15, 0.2) is 0 Å². The third kappa shape index (κ3) is 3.84. The van der Waals surface area contributed by atoms with E-state index in [1.165, 1.54) is 24.4 Å². The summed E-state index contributed by atoms with van der Waals surface area (Å²) in [6.45, 7) is 4.48. The van der Waals surface area contributed by atoms with Gasteiger partial charge in [-0.25, -0.2) is 4.68 Å². The molecule has 0 aliphatic carbocycles. The van der Waals surface area contributed by atoms with Gasteiger partial charge in [-0.15, -0.1) is 0 Å². The molecule has 0 saturated carbocycles. The Morgan fingerprint density at radius 1 is 0.938 bits per heavy atom. The van der Waals surface area contributed by atoms with Gasteiger partial charge in [0.25, 0.3) is 0 Å². The fourth-order valence-corrected chi connectivity index (χ4v) is 3.97. The Hall–Kier alpha value is -3.32. The van der Waals surface area contributed by atoms with Crippen LogP contribution in [0.15, 0.2) is 66.9 Å². The molecule has 0 amide bonds. The fourth-order valence-electron chi connectivity index (χ4n) is 3.97. The number of rotatable bonds is 5. The van der Waals surface area contributed by atoms with E-state index in [0.717, 1.165) is 11.3 Å². The minimum atomic E-state index is -4.94. The Balaban J connectivity index is 1.72. The van der Waals surface area contributed by atoms with Crippen LogP contribution in [0, 0.1) is 20.8 Å². The molecule has 0 aliphatic heterocycles. The summed E-state index contributed by atoms with van der Waals surface area (Å²) in [6.07, 6.45) is -3.46. The number of aryl methyl sites for hydroxylation is 3. The first-order valence-electron chi connectivity index (χ1n) is 10.1. The first-order chi connectivity index (χ1) is 15.1. The van der Waals surface area contributed by atoms with E-state index < -0.39 is 18.4 Å². The van der Waals surface area contributed by atoms with Crippen molar-refractivity contribution in [3.63, 3.8) is 0 Å². The Kier molecular flexibility index (Phi) is 5.46. The third-order valence-electron chi connectivity index (χ3n) is 5.55. The van der Waals surface area contributed by atoms with Crippen molar-refractivity contribution in [2.24, 2.45) is 0 Å². The van der Waals surface area contributed by atoms with Crippen molar-refractivity contribution >= 4 is 10.9 Å². The molecule has 3 aromatic carbocycles. The van der Waals surface area contributed by atoms with E-state index in [0.29, 0.717) is 27.8 Å². The van der Waals surface area contributed by atoms with Gasteiger partial charge in [0.1, 0.15) is 12.4 Å². The zero-order valence-electron chi connectivity index (χ0n) is 17.9. The molecule has 1 unspecified atom stereocenters. The Morgan fingerprint density at radius 3 is 2.22 bits per heavy atom. The van der Waals surface area contributed by atoms with Gasteiger partial charge in [-0.2, -0.15) is 18.3 Å². The van der Waals surface area contributed by atoms with Crippen molar-refractivity contribution in [1.82, 2.24) is 9.78 Å². The number of alkyl halides is 3. The van der Waals surface area contributed by atoms with E-state index in [2.05, 4.69) is 5.10 Å². The van der Waals surface area contributed by atoms with Crippen LogP contribution in [0.4, 0.5) is 13.2 Å². The second-order valence-electron chi connectivity index (χ2n) is 8.04. The molecule has 1 aromatic heterocycles. The van der Waals surface area contributed by atoms with Gasteiger partial charge in [-0.1, -0.05) is 42.0 Å². The van der Waals surface area contributed by atoms with Gasteiger partial charge >= 0.3 is 6.18 Å². The highest BCUT2D eigenvalue weighted by molar-refractivity contribution is 5.81. The summed E-state index contributed by atoms with van der Waals surface area (Å²) in [5.41, 5.74) is 0.357. The fraction of sp³-hybridized carbons (Fsp3) is 0.240. The normalized spacial score (nSPS) is 13.8. The van der Waals surface area contributed by atoms with Crippen LogP contribution in [0.1, 0.15) is 22.3 Å². The van der Waals surface area contributed by atoms with Crippen LogP contribution in [0.2, 0.25) is 0 Å². The molecule has 4 aromatic rings. The zero-order chi connectivity index (χ0) is 23.1. The zero-order valence-corrected chi connectivity index (χ0v) is 17.9. The number of ether oxygens (including phenoxy) is 1. The number of aliphatic hydroxyl groups is 1. The van der Waals surface area contributed by atoms with Crippen molar-refractivity contribution in [3.05, 3.63) is 89.1 Å². The lowest BCUT2D eigenvalue weighted by Gasteiger charge is -2.31. The molecule has 0 spiro atoms. The standard InChI is InChI=1S/C25H23F3N2O2/c1-16-11-17(2)23(18(3)12-16)32-15-24(31,25(26,27)28)20-9-10-22-19(13-20)14-29-30(22)21-7-5-4-6-8-21/h4-14,31H,15H2,1-3H3. The van der Waals surface area contributed by atoms with E-state index in [1.54, 1.807) is 18.5 Å². The third-order valence-corrected chi connectivity index (χ3v) is 5.55. The highest BCUT2D eigenvalue weighted by Gasteiger charge is 2.56. The molecule has 4 rings (SSSR count). The summed E-state index contributed by atoms with van der Waals surface area (Å²) in [7, 11) is 0. The van der Waals surface area contributed by atoms with Gasteiger partial charge in [-0.05, 0) is 61.7 Å². The van der Waals surface area contributed by atoms with Crippen molar-refractivity contribution in [2.45, 2.75) is 32.5 Å². The molecule has 0 radical (unpaired) electrons. The molecule has 0 aliphatic rings. The number of hydrogen-bond acceptors (Lipinski definition) is 3. The van der Waals surface area contributed by atoms with Crippen LogP contribution in [-0.2, 0) is 5.60 Å². The summed E-state index contributed by atoms with van der Waals surface area (Å²) < 4.78 is 49.4. The lowest BCUT2D eigenvalue weighted by atomic mass is 9.93. The number of benzene rings is 3. The SMILES string of the molecule is Cc1cc(C)c(OCC(O)(c2ccc3c(cnn3-c3ccccc3)c2)C(F)(F)F)c(C)c1. The van der Waals surface area contributed by atoms with Crippen LogP contribution in [0.5, 0.6) is 5.75 Å². The Labute approximate surface area is 183 Å². The Morgan fingerprint density at radius 2 is 1.59 bits per heavy atom. The number of fused-ring (bicyclic) bond motifs is 1. The summed E-state index contributed by atoms with van der Waals surface area (Å²) in [5.74, 6) is 0.344. The van der Waals surface area contributed by atoms with Crippen molar-refractivity contribution in [1.29, 1.82) is 0 Å². The predicted molar refractivity (Wildman–Crippen MR) is 117 cm³/mol. The highest BCUT2D eigenvalue weighted by Crippen LogP contribution is 2.41. The van der Waals surface area contributed by atoms with Crippen molar-refractivity contribution < 1.29 is 23.0 Å². The van der Waals surface area contributed by atoms with Crippen LogP contribution < -0.4 is 4.74 Å². The average Bonchev–Trinajstić information content (AvgIpc) is 3.16. The number of aromatic nitrogens is 2. The molecular weight excluding hydrogens is 417 g/mol. The van der Waals surface area contributed by atoms with Gasteiger partial charge in [0.2, 0.25) is 5.60 Å². The molecule has 32 heavy (non-hydrogen) atoms. The molecule has 166 valence electrons. The molecule has 1 N–H and O–H groups in total. The molecule has 7 heteroatoms. The molecular formula is C25H23F3N2O2. The minimum Gasteiger partial charge on any atom is -0.489 e. The molecule has 1 atom stereocenters. The molecule has 0 fully saturated rings. The van der Waals surface area contributed by atoms with E-state index in [1.807, 2.05) is 49.4 Å². The summed E-state index contributed by atoms with van der Waals surface area (Å²) in [5, 5.41) is 15.6. The highest BCUT2D eigenvalue weighted by atomic mass is 19.4. The topological polar surface area (TPSA) is 47.3 Å². The molecule has 0 saturated heterocycles.